The van der Waals surface area contributed by atoms with Crippen molar-refractivity contribution in [3.8, 4) is 11.4 Å². The third kappa shape index (κ3) is 4.15. The van der Waals surface area contributed by atoms with E-state index in [1.54, 1.807) is 34.8 Å². The number of fused-ring (bicyclic) bond motifs is 2. The minimum Gasteiger partial charge on any atom is -0.489 e. The zero-order valence-corrected chi connectivity index (χ0v) is 19.6. The summed E-state index contributed by atoms with van der Waals surface area (Å²) in [5.41, 5.74) is 9.18. The lowest BCUT2D eigenvalue weighted by Crippen LogP contribution is -2.53. The lowest BCUT2D eigenvalue weighted by Gasteiger charge is -2.25. The van der Waals surface area contributed by atoms with Gasteiger partial charge in [0.1, 0.15) is 18.4 Å². The summed E-state index contributed by atoms with van der Waals surface area (Å²) in [5.74, 6) is -0.168. The Bertz CT molecular complexity index is 1500. The molecule has 5 rings (SSSR count). The lowest BCUT2D eigenvalue weighted by atomic mass is 10.1. The number of rotatable bonds is 5. The Kier molecular flexibility index (Phi) is 6.10. The Balaban J connectivity index is 1.55. The van der Waals surface area contributed by atoms with Gasteiger partial charge in [0.15, 0.2) is 0 Å². The molecule has 1 aromatic heterocycles. The van der Waals surface area contributed by atoms with Crippen molar-refractivity contribution >= 4 is 34.1 Å². The van der Waals surface area contributed by atoms with Gasteiger partial charge in [0.2, 0.25) is 11.6 Å². The van der Waals surface area contributed by atoms with Crippen molar-refractivity contribution in [3.05, 3.63) is 89.9 Å². The van der Waals surface area contributed by atoms with Gasteiger partial charge in [0.05, 0.1) is 42.2 Å². The molecule has 3 N–H and O–H groups in total. The van der Waals surface area contributed by atoms with Crippen molar-refractivity contribution in [2.24, 2.45) is 5.73 Å². The number of carbonyl (C=O) groups excluding carboxylic acids is 2. The molecule has 1 aliphatic rings. The maximum Gasteiger partial charge on any atom is 0.253 e. The number of nitrogens with one attached hydrogen (secondary N) is 1. The van der Waals surface area contributed by atoms with Crippen LogP contribution >= 0.6 is 0 Å². The number of hydrogen-bond acceptors (Lipinski definition) is 5. The van der Waals surface area contributed by atoms with Crippen LogP contribution in [0.15, 0.2) is 72.9 Å². The number of hydrogen-bond donors (Lipinski definition) is 2. The minimum absolute atomic E-state index is 0.000345. The largest absolute Gasteiger partial charge is 0.489 e. The van der Waals surface area contributed by atoms with Crippen molar-refractivity contribution in [2.75, 3.05) is 11.5 Å². The highest BCUT2D eigenvalue weighted by molar-refractivity contribution is 6.02. The van der Waals surface area contributed by atoms with E-state index in [-0.39, 0.29) is 19.1 Å². The summed E-state index contributed by atoms with van der Waals surface area (Å²) in [7, 11) is 0. The van der Waals surface area contributed by atoms with Crippen LogP contribution in [-0.2, 0) is 16.1 Å². The maximum atomic E-state index is 13.7. The SMILES string of the molecule is [C-]#[N+]c1ccccc1-n1ncc2c(CN3C(=O)[C@@H](NC(=O)[C@H](C)N)COc4ccccc43)cccc21. The maximum absolute atomic E-state index is 13.7. The van der Waals surface area contributed by atoms with Gasteiger partial charge in [-0.2, -0.15) is 5.10 Å². The number of benzene rings is 3. The number of nitrogens with zero attached hydrogens (tertiary/aromatic N) is 4. The molecular formula is C27H24N6O3. The van der Waals surface area contributed by atoms with Crippen molar-refractivity contribution in [2.45, 2.75) is 25.6 Å². The summed E-state index contributed by atoms with van der Waals surface area (Å²) in [6.45, 7) is 9.30. The van der Waals surface area contributed by atoms with Crippen LogP contribution in [0.1, 0.15) is 12.5 Å². The molecule has 9 nitrogen and oxygen atoms in total. The zero-order chi connectivity index (χ0) is 25.2. The molecule has 3 aromatic carbocycles. The summed E-state index contributed by atoms with van der Waals surface area (Å²) >= 11 is 0. The molecule has 0 aliphatic carbocycles. The Hall–Kier alpha value is -4.68. The van der Waals surface area contributed by atoms with Crippen LogP contribution in [0.4, 0.5) is 11.4 Å². The minimum atomic E-state index is -0.886. The predicted molar refractivity (Wildman–Crippen MR) is 136 cm³/mol. The molecule has 0 bridgehead atoms. The van der Waals surface area contributed by atoms with Crippen LogP contribution in [0.5, 0.6) is 5.75 Å². The second-order valence-corrected chi connectivity index (χ2v) is 8.56. The average Bonchev–Trinajstić information content (AvgIpc) is 3.29. The molecule has 0 radical (unpaired) electrons. The van der Waals surface area contributed by atoms with Crippen LogP contribution in [0, 0.1) is 6.57 Å². The van der Waals surface area contributed by atoms with Crippen molar-refractivity contribution < 1.29 is 14.3 Å². The molecule has 9 heteroatoms. The molecule has 0 unspecified atom stereocenters. The van der Waals surface area contributed by atoms with Crippen LogP contribution < -0.4 is 20.7 Å². The number of carbonyl (C=O) groups is 2. The van der Waals surface area contributed by atoms with Gasteiger partial charge in [-0.15, -0.1) is 0 Å². The Labute approximate surface area is 207 Å². The van der Waals surface area contributed by atoms with Gasteiger partial charge in [-0.05, 0) is 36.8 Å². The van der Waals surface area contributed by atoms with Crippen molar-refractivity contribution in [3.63, 3.8) is 0 Å². The third-order valence-electron chi connectivity index (χ3n) is 6.12. The number of amides is 2. The second-order valence-electron chi connectivity index (χ2n) is 8.56. The Morgan fingerprint density at radius 2 is 1.92 bits per heavy atom. The van der Waals surface area contributed by atoms with E-state index in [0.29, 0.717) is 22.8 Å². The van der Waals surface area contributed by atoms with Crippen molar-refractivity contribution in [1.82, 2.24) is 15.1 Å². The topological polar surface area (TPSA) is 107 Å². The quantitative estimate of drug-likeness (QED) is 0.426. The highest BCUT2D eigenvalue weighted by Crippen LogP contribution is 2.34. The van der Waals surface area contributed by atoms with Crippen LogP contribution in [-0.4, -0.2) is 40.3 Å². The van der Waals surface area contributed by atoms with Gasteiger partial charge < -0.3 is 20.7 Å². The highest BCUT2D eigenvalue weighted by Gasteiger charge is 2.33. The van der Waals surface area contributed by atoms with E-state index in [1.165, 1.54) is 0 Å². The lowest BCUT2D eigenvalue weighted by molar-refractivity contribution is -0.128. The van der Waals surface area contributed by atoms with E-state index in [2.05, 4.69) is 15.3 Å². The molecular weight excluding hydrogens is 456 g/mol. The first kappa shape index (κ1) is 23.1. The average molecular weight is 481 g/mol. The fourth-order valence-electron chi connectivity index (χ4n) is 4.27. The summed E-state index contributed by atoms with van der Waals surface area (Å²) in [4.78, 5) is 31.2. The Morgan fingerprint density at radius 3 is 2.69 bits per heavy atom. The third-order valence-corrected chi connectivity index (χ3v) is 6.12. The molecule has 0 fully saturated rings. The van der Waals surface area contributed by atoms with E-state index in [4.69, 9.17) is 17.0 Å². The Morgan fingerprint density at radius 1 is 1.17 bits per heavy atom. The van der Waals surface area contributed by atoms with Crippen LogP contribution in [0.2, 0.25) is 0 Å². The number of nitrogens with two attached hydrogens (primary N) is 1. The number of anilines is 1. The van der Waals surface area contributed by atoms with E-state index in [1.807, 2.05) is 54.6 Å². The number of aromatic nitrogens is 2. The van der Waals surface area contributed by atoms with Crippen LogP contribution in [0.3, 0.4) is 0 Å². The van der Waals surface area contributed by atoms with Gasteiger partial charge in [-0.1, -0.05) is 42.5 Å². The first-order chi connectivity index (χ1) is 17.5. The van der Waals surface area contributed by atoms with Gasteiger partial charge in [-0.25, -0.2) is 9.53 Å². The first-order valence-corrected chi connectivity index (χ1v) is 11.5. The molecule has 0 saturated heterocycles. The number of para-hydroxylation sites is 4. The standard InChI is InChI=1S/C27H24N6O3/c1-17(28)26(34)31-21-16-36-25-13-6-5-11-24(25)32(27(21)35)15-18-8-7-12-22-19(18)14-30-33(22)23-10-4-3-9-20(23)29-2/h3-14,17,21H,15-16,28H2,1H3,(H,31,34)/t17-,21-/m0/s1. The van der Waals surface area contributed by atoms with Crippen LogP contribution in [0.25, 0.3) is 21.4 Å². The second kappa shape index (κ2) is 9.52. The fraction of sp³-hybridized carbons (Fsp3) is 0.185. The van der Waals surface area contributed by atoms with E-state index < -0.39 is 18.0 Å². The summed E-state index contributed by atoms with van der Waals surface area (Å²) in [5, 5.41) is 8.12. The number of ether oxygens (including phenoxy) is 1. The molecule has 0 saturated carbocycles. The molecule has 2 heterocycles. The molecule has 4 aromatic rings. The van der Waals surface area contributed by atoms with Gasteiger partial charge in [-0.3, -0.25) is 9.59 Å². The smallest absolute Gasteiger partial charge is 0.253 e. The molecule has 36 heavy (non-hydrogen) atoms. The zero-order valence-electron chi connectivity index (χ0n) is 19.6. The molecule has 2 amide bonds. The predicted octanol–water partition coefficient (Wildman–Crippen LogP) is 3.33. The fourth-order valence-corrected chi connectivity index (χ4v) is 4.27. The van der Waals surface area contributed by atoms with Crippen molar-refractivity contribution in [1.29, 1.82) is 0 Å². The monoisotopic (exact) mass is 480 g/mol. The normalized spacial score (nSPS) is 16.0. The van der Waals surface area contributed by atoms with Gasteiger partial charge in [0.25, 0.3) is 5.91 Å². The molecule has 2 atom stereocenters. The van der Waals surface area contributed by atoms with E-state index in [9.17, 15) is 9.59 Å². The summed E-state index contributed by atoms with van der Waals surface area (Å²) < 4.78 is 7.63. The highest BCUT2D eigenvalue weighted by atomic mass is 16.5. The molecule has 180 valence electrons. The first-order valence-electron chi connectivity index (χ1n) is 11.5. The van der Waals surface area contributed by atoms with Gasteiger partial charge in [0, 0.05) is 5.39 Å². The van der Waals surface area contributed by atoms with Gasteiger partial charge >= 0.3 is 0 Å². The van der Waals surface area contributed by atoms with E-state index in [0.717, 1.165) is 16.5 Å². The summed E-state index contributed by atoms with van der Waals surface area (Å²) in [6, 6.07) is 18.7. The molecule has 0 spiro atoms. The molecule has 1 aliphatic heterocycles. The van der Waals surface area contributed by atoms with E-state index >= 15 is 0 Å². The summed E-state index contributed by atoms with van der Waals surface area (Å²) in [6.07, 6.45) is 1.74.